The summed E-state index contributed by atoms with van der Waals surface area (Å²) in [6.07, 6.45) is 0. The molecule has 0 aliphatic carbocycles. The van der Waals surface area contributed by atoms with Crippen molar-refractivity contribution in [1.29, 1.82) is 0 Å². The third-order valence-corrected chi connectivity index (χ3v) is 4.49. The minimum absolute atomic E-state index is 0.650. The molecule has 0 aliphatic heterocycles. The maximum absolute atomic E-state index is 5.76. The lowest BCUT2D eigenvalue weighted by Crippen LogP contribution is -2.05. The lowest BCUT2D eigenvalue weighted by Gasteiger charge is -2.16. The second kappa shape index (κ2) is 7.32. The summed E-state index contributed by atoms with van der Waals surface area (Å²) < 4.78 is 7.76. The van der Waals surface area contributed by atoms with Crippen molar-refractivity contribution in [2.75, 3.05) is 11.9 Å². The first kappa shape index (κ1) is 16.4. The van der Waals surface area contributed by atoms with Gasteiger partial charge in [0.15, 0.2) is 0 Å². The molecular weight excluding hydrogens is 394 g/mol. The molecule has 0 radical (unpaired) electrons. The van der Waals surface area contributed by atoms with Gasteiger partial charge in [0.1, 0.15) is 5.75 Å². The third kappa shape index (κ3) is 4.01. The van der Waals surface area contributed by atoms with Gasteiger partial charge in [-0.2, -0.15) is 0 Å². The van der Waals surface area contributed by atoms with Gasteiger partial charge in [0.2, 0.25) is 0 Å². The van der Waals surface area contributed by atoms with Crippen LogP contribution in [0.1, 0.15) is 23.6 Å². The zero-order valence-corrected chi connectivity index (χ0v) is 15.6. The quantitative estimate of drug-likeness (QED) is 0.665. The number of aryl methyl sites for hydroxylation is 1. The summed E-state index contributed by atoms with van der Waals surface area (Å²) in [6.45, 7) is 7.63. The van der Waals surface area contributed by atoms with E-state index >= 15 is 0 Å². The molecule has 0 saturated carbocycles. The van der Waals surface area contributed by atoms with Crippen LogP contribution in [0.5, 0.6) is 5.75 Å². The summed E-state index contributed by atoms with van der Waals surface area (Å²) >= 11 is 7.11. The van der Waals surface area contributed by atoms with E-state index in [1.165, 1.54) is 11.1 Å². The van der Waals surface area contributed by atoms with Crippen LogP contribution in [-0.4, -0.2) is 6.61 Å². The number of hydrogen-bond acceptors (Lipinski definition) is 2. The largest absolute Gasteiger partial charge is 0.492 e. The Morgan fingerprint density at radius 1 is 1.14 bits per heavy atom. The Bertz CT molecular complexity index is 641. The minimum atomic E-state index is 0.650. The van der Waals surface area contributed by atoms with Crippen LogP contribution in [0.4, 0.5) is 5.69 Å². The smallest absolute Gasteiger partial charge is 0.138 e. The van der Waals surface area contributed by atoms with E-state index in [1.54, 1.807) is 0 Å². The molecule has 0 aromatic heterocycles. The van der Waals surface area contributed by atoms with Crippen LogP contribution in [-0.2, 0) is 6.54 Å². The summed E-state index contributed by atoms with van der Waals surface area (Å²) in [5.74, 6) is 0.901. The summed E-state index contributed by atoms with van der Waals surface area (Å²) in [7, 11) is 0. The third-order valence-electron chi connectivity index (χ3n) is 3.45. The van der Waals surface area contributed by atoms with E-state index < -0.39 is 0 Å². The van der Waals surface area contributed by atoms with E-state index in [2.05, 4.69) is 75.3 Å². The molecule has 2 nitrogen and oxygen atoms in total. The van der Waals surface area contributed by atoms with Crippen LogP contribution in [0.25, 0.3) is 0 Å². The highest BCUT2D eigenvalue weighted by Gasteiger charge is 2.10. The summed E-state index contributed by atoms with van der Waals surface area (Å²) in [4.78, 5) is 0. The Kier molecular flexibility index (Phi) is 5.71. The molecule has 2 rings (SSSR count). The number of anilines is 1. The number of benzene rings is 2. The summed E-state index contributed by atoms with van der Waals surface area (Å²) in [5, 5.41) is 3.50. The van der Waals surface area contributed by atoms with Gasteiger partial charge in [-0.1, -0.05) is 28.1 Å². The fourth-order valence-electron chi connectivity index (χ4n) is 2.18. The maximum Gasteiger partial charge on any atom is 0.138 e. The van der Waals surface area contributed by atoms with Gasteiger partial charge in [-0.3, -0.25) is 0 Å². The molecule has 21 heavy (non-hydrogen) atoms. The van der Waals surface area contributed by atoms with Crippen LogP contribution < -0.4 is 10.1 Å². The van der Waals surface area contributed by atoms with E-state index in [0.717, 1.165) is 32.5 Å². The number of nitrogens with one attached hydrogen (secondary N) is 1. The van der Waals surface area contributed by atoms with Gasteiger partial charge < -0.3 is 10.1 Å². The van der Waals surface area contributed by atoms with Crippen molar-refractivity contribution < 1.29 is 4.74 Å². The molecule has 2 aromatic rings. The molecule has 0 fully saturated rings. The predicted octanol–water partition coefficient (Wildman–Crippen LogP) is 5.84. The van der Waals surface area contributed by atoms with Crippen LogP contribution >= 0.6 is 31.9 Å². The summed E-state index contributed by atoms with van der Waals surface area (Å²) in [6, 6.07) is 10.4. The van der Waals surface area contributed by atoms with Gasteiger partial charge in [0.25, 0.3) is 0 Å². The molecular formula is C17H19Br2NO. The van der Waals surface area contributed by atoms with Crippen molar-refractivity contribution in [1.82, 2.24) is 0 Å². The van der Waals surface area contributed by atoms with Crippen LogP contribution in [0, 0.1) is 13.8 Å². The first-order valence-electron chi connectivity index (χ1n) is 6.93. The predicted molar refractivity (Wildman–Crippen MR) is 96.3 cm³/mol. The zero-order chi connectivity index (χ0) is 15.4. The lowest BCUT2D eigenvalue weighted by molar-refractivity contribution is 0.334. The molecule has 2 aromatic carbocycles. The standard InChI is InChI=1S/C17H19Br2NO/c1-4-21-17-13(8-14(18)9-15(17)19)10-20-16-7-5-6-11(2)12(16)3/h5-9,20H,4,10H2,1-3H3. The van der Waals surface area contributed by atoms with E-state index in [1.807, 2.05) is 13.0 Å². The SMILES string of the molecule is CCOc1c(Br)cc(Br)cc1CNc1cccc(C)c1C. The molecule has 0 atom stereocenters. The van der Waals surface area contributed by atoms with Gasteiger partial charge in [-0.05, 0) is 66.0 Å². The highest BCUT2D eigenvalue weighted by molar-refractivity contribution is 9.11. The highest BCUT2D eigenvalue weighted by atomic mass is 79.9. The molecule has 0 amide bonds. The van der Waals surface area contributed by atoms with E-state index in [9.17, 15) is 0 Å². The van der Waals surface area contributed by atoms with Crippen molar-refractivity contribution in [2.24, 2.45) is 0 Å². The average molecular weight is 413 g/mol. The van der Waals surface area contributed by atoms with Gasteiger partial charge in [-0.15, -0.1) is 0 Å². The Morgan fingerprint density at radius 2 is 1.90 bits per heavy atom. The van der Waals surface area contributed by atoms with Gasteiger partial charge >= 0.3 is 0 Å². The molecule has 0 unspecified atom stereocenters. The van der Waals surface area contributed by atoms with Crippen molar-refractivity contribution in [3.05, 3.63) is 56.0 Å². The Balaban J connectivity index is 2.25. The van der Waals surface area contributed by atoms with Gasteiger partial charge in [0.05, 0.1) is 11.1 Å². The number of ether oxygens (including phenoxy) is 1. The fourth-order valence-corrected chi connectivity index (χ4v) is 3.61. The molecule has 0 spiro atoms. The number of halogens is 2. The molecule has 0 aliphatic rings. The normalized spacial score (nSPS) is 10.5. The molecule has 0 bridgehead atoms. The molecule has 4 heteroatoms. The second-order valence-electron chi connectivity index (χ2n) is 4.91. The first-order chi connectivity index (χ1) is 10.0. The van der Waals surface area contributed by atoms with E-state index in [-0.39, 0.29) is 0 Å². The van der Waals surface area contributed by atoms with Crippen molar-refractivity contribution in [3.8, 4) is 5.75 Å². The molecule has 112 valence electrons. The number of hydrogen-bond donors (Lipinski definition) is 1. The van der Waals surface area contributed by atoms with Gasteiger partial charge in [0, 0.05) is 22.3 Å². The van der Waals surface area contributed by atoms with E-state index in [0.29, 0.717) is 6.61 Å². The minimum Gasteiger partial charge on any atom is -0.492 e. The monoisotopic (exact) mass is 411 g/mol. The van der Waals surface area contributed by atoms with Gasteiger partial charge in [-0.25, -0.2) is 0 Å². The van der Waals surface area contributed by atoms with Crippen LogP contribution in [0.2, 0.25) is 0 Å². The van der Waals surface area contributed by atoms with E-state index in [4.69, 9.17) is 4.74 Å². The van der Waals surface area contributed by atoms with Crippen LogP contribution in [0.3, 0.4) is 0 Å². The maximum atomic E-state index is 5.76. The van der Waals surface area contributed by atoms with Crippen molar-refractivity contribution in [3.63, 3.8) is 0 Å². The summed E-state index contributed by atoms with van der Waals surface area (Å²) in [5.41, 5.74) is 4.86. The molecule has 1 N–H and O–H groups in total. The lowest BCUT2D eigenvalue weighted by atomic mass is 10.1. The Hall–Kier alpha value is -1.00. The first-order valence-corrected chi connectivity index (χ1v) is 8.52. The topological polar surface area (TPSA) is 21.3 Å². The Labute approximate surface area is 143 Å². The molecule has 0 heterocycles. The average Bonchev–Trinajstić information content (AvgIpc) is 2.44. The second-order valence-corrected chi connectivity index (χ2v) is 6.68. The highest BCUT2D eigenvalue weighted by Crippen LogP contribution is 2.33. The zero-order valence-electron chi connectivity index (χ0n) is 12.5. The van der Waals surface area contributed by atoms with Crippen molar-refractivity contribution in [2.45, 2.75) is 27.3 Å². The fraction of sp³-hybridized carbons (Fsp3) is 0.294. The van der Waals surface area contributed by atoms with Crippen molar-refractivity contribution >= 4 is 37.5 Å². The van der Waals surface area contributed by atoms with Crippen LogP contribution in [0.15, 0.2) is 39.3 Å². The Morgan fingerprint density at radius 3 is 2.62 bits per heavy atom. The number of rotatable bonds is 5. The molecule has 0 saturated heterocycles.